The van der Waals surface area contributed by atoms with Crippen LogP contribution in [0.2, 0.25) is 0 Å². The van der Waals surface area contributed by atoms with E-state index in [9.17, 15) is 0 Å². The fourth-order valence-corrected chi connectivity index (χ4v) is 2.07. The first kappa shape index (κ1) is 11.9. The minimum absolute atomic E-state index is 0.415. The molecular weight excluding hydrogens is 238 g/mol. The van der Waals surface area contributed by atoms with Crippen LogP contribution in [0.1, 0.15) is 5.69 Å². The van der Waals surface area contributed by atoms with Gasteiger partial charge in [0.2, 0.25) is 0 Å². The zero-order valence-electron chi connectivity index (χ0n) is 9.59. The molecule has 0 fully saturated rings. The van der Waals surface area contributed by atoms with Crippen LogP contribution in [0.5, 0.6) is 0 Å². The Labute approximate surface area is 103 Å². The summed E-state index contributed by atoms with van der Waals surface area (Å²) in [6, 6.07) is 0. The van der Waals surface area contributed by atoms with E-state index in [1.807, 2.05) is 22.2 Å². The van der Waals surface area contributed by atoms with Crippen molar-refractivity contribution in [3.63, 3.8) is 0 Å². The van der Waals surface area contributed by atoms with Gasteiger partial charge in [-0.15, -0.1) is 11.3 Å². The van der Waals surface area contributed by atoms with Gasteiger partial charge in [-0.1, -0.05) is 0 Å². The number of hydrogen-bond donors (Lipinski definition) is 2. The number of fused-ring (bicyclic) bond motifs is 1. The second-order valence-electron chi connectivity index (χ2n) is 3.45. The van der Waals surface area contributed by atoms with Crippen LogP contribution in [-0.2, 0) is 11.3 Å². The number of nitrogens with one attached hydrogen (secondary N) is 1. The van der Waals surface area contributed by atoms with Gasteiger partial charge >= 0.3 is 0 Å². The Morgan fingerprint density at radius 1 is 1.71 bits per heavy atom. The van der Waals surface area contributed by atoms with Gasteiger partial charge in [0, 0.05) is 31.4 Å². The first-order chi connectivity index (χ1) is 8.29. The molecule has 0 bridgehead atoms. The molecule has 0 aliphatic heterocycles. The third-order valence-corrected chi connectivity index (χ3v) is 2.94. The number of aromatic nitrogens is 2. The Balaban J connectivity index is 1.88. The molecule has 2 heterocycles. The van der Waals surface area contributed by atoms with Gasteiger partial charge in [-0.25, -0.2) is 9.98 Å². The van der Waals surface area contributed by atoms with E-state index >= 15 is 0 Å². The average molecular weight is 253 g/mol. The first-order valence-electron chi connectivity index (χ1n) is 5.23. The number of nitrogens with zero attached hydrogens (tertiary/aromatic N) is 3. The maximum atomic E-state index is 5.68. The zero-order valence-corrected chi connectivity index (χ0v) is 10.4. The molecule has 0 spiro atoms. The van der Waals surface area contributed by atoms with Crippen molar-refractivity contribution in [1.29, 1.82) is 0 Å². The van der Waals surface area contributed by atoms with Crippen LogP contribution >= 0.6 is 11.3 Å². The summed E-state index contributed by atoms with van der Waals surface area (Å²) in [5.41, 5.74) is 6.59. The van der Waals surface area contributed by atoms with Crippen molar-refractivity contribution in [2.24, 2.45) is 10.7 Å². The summed E-state index contributed by atoms with van der Waals surface area (Å²) in [6.07, 6.45) is 3.93. The number of hydrogen-bond acceptors (Lipinski definition) is 4. The molecule has 2 aromatic heterocycles. The number of imidazole rings is 1. The van der Waals surface area contributed by atoms with Crippen LogP contribution in [0, 0.1) is 0 Å². The Kier molecular flexibility index (Phi) is 3.94. The normalized spacial score (nSPS) is 12.2. The predicted molar refractivity (Wildman–Crippen MR) is 68.3 cm³/mol. The minimum Gasteiger partial charge on any atom is -0.383 e. The van der Waals surface area contributed by atoms with Crippen LogP contribution in [0.4, 0.5) is 0 Å². The standard InChI is InChI=1S/C10H15N5OS/c1-16-4-2-12-9(11)13-6-8-7-15-3-5-17-10(15)14-8/h3,5,7H,2,4,6H2,1H3,(H3,11,12,13). The molecule has 0 amide bonds. The fraction of sp³-hybridized carbons (Fsp3) is 0.400. The topological polar surface area (TPSA) is 76.9 Å². The highest BCUT2D eigenvalue weighted by Gasteiger charge is 2.01. The highest BCUT2D eigenvalue weighted by atomic mass is 32.1. The Morgan fingerprint density at radius 2 is 2.59 bits per heavy atom. The number of ether oxygens (including phenoxy) is 1. The molecule has 0 saturated carbocycles. The smallest absolute Gasteiger partial charge is 0.193 e. The number of rotatable bonds is 5. The molecule has 92 valence electrons. The maximum Gasteiger partial charge on any atom is 0.193 e. The van der Waals surface area contributed by atoms with E-state index in [0.29, 0.717) is 25.7 Å². The highest BCUT2D eigenvalue weighted by Crippen LogP contribution is 2.11. The van der Waals surface area contributed by atoms with Gasteiger partial charge in [0.25, 0.3) is 0 Å². The summed E-state index contributed by atoms with van der Waals surface area (Å²) >= 11 is 1.60. The molecule has 7 heteroatoms. The third-order valence-electron chi connectivity index (χ3n) is 2.17. The van der Waals surface area contributed by atoms with Crippen molar-refractivity contribution < 1.29 is 4.74 Å². The van der Waals surface area contributed by atoms with Crippen molar-refractivity contribution in [2.45, 2.75) is 6.54 Å². The van der Waals surface area contributed by atoms with Gasteiger partial charge in [0.1, 0.15) is 0 Å². The van der Waals surface area contributed by atoms with Gasteiger partial charge in [-0.05, 0) is 0 Å². The van der Waals surface area contributed by atoms with Crippen molar-refractivity contribution in [2.75, 3.05) is 20.3 Å². The zero-order chi connectivity index (χ0) is 12.1. The molecule has 0 aromatic carbocycles. The molecular formula is C10H15N5OS. The minimum atomic E-state index is 0.415. The summed E-state index contributed by atoms with van der Waals surface area (Å²) in [7, 11) is 1.65. The molecule has 17 heavy (non-hydrogen) atoms. The van der Waals surface area contributed by atoms with E-state index < -0.39 is 0 Å². The highest BCUT2D eigenvalue weighted by molar-refractivity contribution is 7.15. The van der Waals surface area contributed by atoms with Gasteiger partial charge in [-0.3, -0.25) is 4.40 Å². The Bertz CT molecular complexity index is 475. The van der Waals surface area contributed by atoms with E-state index in [-0.39, 0.29) is 0 Å². The molecule has 0 radical (unpaired) electrons. The van der Waals surface area contributed by atoms with E-state index in [1.54, 1.807) is 18.4 Å². The number of guanidine groups is 1. The lowest BCUT2D eigenvalue weighted by atomic mass is 10.5. The number of aliphatic imine (C=N–C) groups is 1. The average Bonchev–Trinajstić information content (AvgIpc) is 2.86. The van der Waals surface area contributed by atoms with Crippen molar-refractivity contribution >= 4 is 22.3 Å². The number of methoxy groups -OCH3 is 1. The fourth-order valence-electron chi connectivity index (χ4n) is 1.36. The number of nitrogens with two attached hydrogens (primary N) is 1. The second-order valence-corrected chi connectivity index (χ2v) is 4.32. The van der Waals surface area contributed by atoms with E-state index in [1.165, 1.54) is 0 Å². The molecule has 3 N–H and O–H groups in total. The van der Waals surface area contributed by atoms with Crippen LogP contribution < -0.4 is 11.1 Å². The monoisotopic (exact) mass is 253 g/mol. The van der Waals surface area contributed by atoms with E-state index in [2.05, 4.69) is 15.3 Å². The molecule has 2 aromatic rings. The molecule has 6 nitrogen and oxygen atoms in total. The Hall–Kier alpha value is -1.60. The SMILES string of the molecule is COCCNC(N)=NCc1cn2ccsc2n1. The number of thiazole rings is 1. The second kappa shape index (κ2) is 5.65. The third kappa shape index (κ3) is 3.18. The summed E-state index contributed by atoms with van der Waals surface area (Å²) in [6.45, 7) is 1.75. The first-order valence-corrected chi connectivity index (χ1v) is 6.11. The van der Waals surface area contributed by atoms with Gasteiger partial charge in [-0.2, -0.15) is 0 Å². The lowest BCUT2D eigenvalue weighted by Crippen LogP contribution is -2.34. The van der Waals surface area contributed by atoms with Crippen molar-refractivity contribution in [1.82, 2.24) is 14.7 Å². The molecule has 0 aliphatic rings. The van der Waals surface area contributed by atoms with Gasteiger partial charge in [0.15, 0.2) is 10.9 Å². The summed E-state index contributed by atoms with van der Waals surface area (Å²) < 4.78 is 6.87. The van der Waals surface area contributed by atoms with Crippen molar-refractivity contribution in [3.8, 4) is 0 Å². The van der Waals surface area contributed by atoms with Gasteiger partial charge < -0.3 is 15.8 Å². The quantitative estimate of drug-likeness (QED) is 0.461. The van der Waals surface area contributed by atoms with E-state index in [4.69, 9.17) is 10.5 Å². The maximum absolute atomic E-state index is 5.68. The predicted octanol–water partition coefficient (Wildman–Crippen LogP) is 0.447. The largest absolute Gasteiger partial charge is 0.383 e. The van der Waals surface area contributed by atoms with Gasteiger partial charge in [0.05, 0.1) is 18.8 Å². The van der Waals surface area contributed by atoms with Crippen LogP contribution in [0.3, 0.4) is 0 Å². The Morgan fingerprint density at radius 3 is 3.35 bits per heavy atom. The van der Waals surface area contributed by atoms with Crippen LogP contribution in [-0.4, -0.2) is 35.6 Å². The van der Waals surface area contributed by atoms with E-state index in [0.717, 1.165) is 10.7 Å². The van der Waals surface area contributed by atoms with Crippen molar-refractivity contribution in [3.05, 3.63) is 23.5 Å². The summed E-state index contributed by atoms with van der Waals surface area (Å²) in [5.74, 6) is 0.415. The lowest BCUT2D eigenvalue weighted by molar-refractivity contribution is 0.204. The molecule has 0 saturated heterocycles. The molecule has 0 aliphatic carbocycles. The molecule has 0 unspecified atom stereocenters. The summed E-state index contributed by atoms with van der Waals surface area (Å²) in [4.78, 5) is 9.58. The summed E-state index contributed by atoms with van der Waals surface area (Å²) in [5, 5.41) is 4.95. The van der Waals surface area contributed by atoms with Crippen LogP contribution in [0.25, 0.3) is 4.96 Å². The molecule has 0 atom stereocenters. The lowest BCUT2D eigenvalue weighted by Gasteiger charge is -2.03. The van der Waals surface area contributed by atoms with Crippen LogP contribution in [0.15, 0.2) is 22.8 Å². The molecule has 2 rings (SSSR count).